The molecule has 0 atom stereocenters. The SMILES string of the molecule is CCCOc1ccc(NCc2ccco2)cc1OCCC. The Kier molecular flexibility index (Phi) is 6.00. The first-order valence-corrected chi connectivity index (χ1v) is 7.49. The molecule has 1 aromatic heterocycles. The van der Waals surface area contributed by atoms with Gasteiger partial charge in [0.25, 0.3) is 0 Å². The molecule has 0 radical (unpaired) electrons. The highest BCUT2D eigenvalue weighted by Gasteiger charge is 2.07. The Morgan fingerprint density at radius 2 is 1.76 bits per heavy atom. The maximum Gasteiger partial charge on any atom is 0.163 e. The molecule has 2 rings (SSSR count). The third-order valence-electron chi connectivity index (χ3n) is 2.91. The van der Waals surface area contributed by atoms with Gasteiger partial charge in [-0.3, -0.25) is 0 Å². The summed E-state index contributed by atoms with van der Waals surface area (Å²) in [6, 6.07) is 9.75. The van der Waals surface area contributed by atoms with Crippen LogP contribution in [0.25, 0.3) is 0 Å². The monoisotopic (exact) mass is 289 g/mol. The molecule has 21 heavy (non-hydrogen) atoms. The molecule has 4 heteroatoms. The zero-order valence-electron chi connectivity index (χ0n) is 12.7. The Morgan fingerprint density at radius 3 is 2.43 bits per heavy atom. The van der Waals surface area contributed by atoms with E-state index in [1.165, 1.54) is 0 Å². The fourth-order valence-electron chi connectivity index (χ4n) is 1.88. The van der Waals surface area contributed by atoms with Crippen LogP contribution in [0.2, 0.25) is 0 Å². The van der Waals surface area contributed by atoms with Crippen molar-refractivity contribution in [2.75, 3.05) is 18.5 Å². The largest absolute Gasteiger partial charge is 0.490 e. The molecule has 0 saturated carbocycles. The predicted octanol–water partition coefficient (Wildman–Crippen LogP) is 4.47. The van der Waals surface area contributed by atoms with Crippen molar-refractivity contribution in [1.82, 2.24) is 0 Å². The standard InChI is InChI=1S/C17H23NO3/c1-3-9-20-16-8-7-14(12-17(16)21-10-4-2)18-13-15-6-5-11-19-15/h5-8,11-12,18H,3-4,9-10,13H2,1-2H3. The summed E-state index contributed by atoms with van der Waals surface area (Å²) in [7, 11) is 0. The highest BCUT2D eigenvalue weighted by Crippen LogP contribution is 2.31. The molecule has 0 amide bonds. The van der Waals surface area contributed by atoms with Crippen LogP contribution in [0.15, 0.2) is 41.0 Å². The number of hydrogen-bond acceptors (Lipinski definition) is 4. The molecule has 0 unspecified atom stereocenters. The van der Waals surface area contributed by atoms with Gasteiger partial charge < -0.3 is 19.2 Å². The third-order valence-corrected chi connectivity index (χ3v) is 2.91. The summed E-state index contributed by atoms with van der Waals surface area (Å²) in [6.45, 7) is 6.21. The van der Waals surface area contributed by atoms with Crippen LogP contribution in [0.1, 0.15) is 32.4 Å². The summed E-state index contributed by atoms with van der Waals surface area (Å²) in [5.41, 5.74) is 0.987. The minimum absolute atomic E-state index is 0.648. The number of rotatable bonds is 9. The molecule has 0 aliphatic rings. The first-order chi connectivity index (χ1) is 10.3. The highest BCUT2D eigenvalue weighted by molar-refractivity contribution is 5.54. The molecule has 0 spiro atoms. The van der Waals surface area contributed by atoms with E-state index in [1.807, 2.05) is 30.3 Å². The molecular formula is C17H23NO3. The number of anilines is 1. The average molecular weight is 289 g/mol. The normalized spacial score (nSPS) is 10.4. The van der Waals surface area contributed by atoms with Crippen molar-refractivity contribution in [1.29, 1.82) is 0 Å². The molecule has 0 aliphatic carbocycles. The number of ether oxygens (including phenoxy) is 2. The first kappa shape index (κ1) is 15.3. The summed E-state index contributed by atoms with van der Waals surface area (Å²) >= 11 is 0. The van der Waals surface area contributed by atoms with E-state index < -0.39 is 0 Å². The number of furan rings is 1. The van der Waals surface area contributed by atoms with Crippen LogP contribution >= 0.6 is 0 Å². The molecule has 0 bridgehead atoms. The van der Waals surface area contributed by atoms with Crippen LogP contribution in [0.4, 0.5) is 5.69 Å². The summed E-state index contributed by atoms with van der Waals surface area (Å²) in [5.74, 6) is 2.49. The Bertz CT molecular complexity index is 523. The maximum atomic E-state index is 5.77. The molecule has 1 heterocycles. The van der Waals surface area contributed by atoms with Gasteiger partial charge in [-0.25, -0.2) is 0 Å². The van der Waals surface area contributed by atoms with E-state index in [9.17, 15) is 0 Å². The van der Waals surface area contributed by atoms with E-state index in [-0.39, 0.29) is 0 Å². The van der Waals surface area contributed by atoms with Gasteiger partial charge in [-0.15, -0.1) is 0 Å². The van der Waals surface area contributed by atoms with Gasteiger partial charge in [-0.05, 0) is 37.1 Å². The number of nitrogens with one attached hydrogen (secondary N) is 1. The molecule has 0 fully saturated rings. The lowest BCUT2D eigenvalue weighted by atomic mass is 10.2. The van der Waals surface area contributed by atoms with E-state index >= 15 is 0 Å². The second-order valence-electron chi connectivity index (χ2n) is 4.79. The molecule has 1 N–H and O–H groups in total. The Hall–Kier alpha value is -2.10. The van der Waals surface area contributed by atoms with Crippen LogP contribution in [-0.4, -0.2) is 13.2 Å². The number of hydrogen-bond donors (Lipinski definition) is 1. The van der Waals surface area contributed by atoms with Gasteiger partial charge in [0.05, 0.1) is 26.0 Å². The van der Waals surface area contributed by atoms with Gasteiger partial charge in [0.2, 0.25) is 0 Å². The van der Waals surface area contributed by atoms with Gasteiger partial charge >= 0.3 is 0 Å². The van der Waals surface area contributed by atoms with Crippen molar-refractivity contribution in [3.8, 4) is 11.5 Å². The Balaban J connectivity index is 2.03. The smallest absolute Gasteiger partial charge is 0.163 e. The van der Waals surface area contributed by atoms with Crippen LogP contribution in [0.3, 0.4) is 0 Å². The second-order valence-corrected chi connectivity index (χ2v) is 4.79. The van der Waals surface area contributed by atoms with Crippen molar-refractivity contribution in [2.24, 2.45) is 0 Å². The fourth-order valence-corrected chi connectivity index (χ4v) is 1.88. The lowest BCUT2D eigenvalue weighted by Crippen LogP contribution is -2.03. The lowest BCUT2D eigenvalue weighted by Gasteiger charge is -2.14. The molecular weight excluding hydrogens is 266 g/mol. The zero-order chi connectivity index (χ0) is 14.9. The van der Waals surface area contributed by atoms with E-state index in [0.717, 1.165) is 35.8 Å². The van der Waals surface area contributed by atoms with E-state index in [0.29, 0.717) is 19.8 Å². The minimum Gasteiger partial charge on any atom is -0.490 e. The quantitative estimate of drug-likeness (QED) is 0.739. The van der Waals surface area contributed by atoms with Gasteiger partial charge in [-0.2, -0.15) is 0 Å². The summed E-state index contributed by atoms with van der Waals surface area (Å²) < 4.78 is 16.8. The van der Waals surface area contributed by atoms with E-state index in [1.54, 1.807) is 6.26 Å². The second kappa shape index (κ2) is 8.25. The van der Waals surface area contributed by atoms with Crippen molar-refractivity contribution >= 4 is 5.69 Å². The summed E-state index contributed by atoms with van der Waals surface area (Å²) in [6.07, 6.45) is 3.62. The molecule has 0 saturated heterocycles. The molecule has 114 valence electrons. The zero-order valence-corrected chi connectivity index (χ0v) is 12.7. The van der Waals surface area contributed by atoms with Crippen LogP contribution < -0.4 is 14.8 Å². The maximum absolute atomic E-state index is 5.77. The molecule has 4 nitrogen and oxygen atoms in total. The van der Waals surface area contributed by atoms with Crippen molar-refractivity contribution in [3.63, 3.8) is 0 Å². The summed E-state index contributed by atoms with van der Waals surface area (Å²) in [5, 5.41) is 3.32. The van der Waals surface area contributed by atoms with Crippen molar-refractivity contribution in [2.45, 2.75) is 33.2 Å². The van der Waals surface area contributed by atoms with Crippen molar-refractivity contribution in [3.05, 3.63) is 42.4 Å². The molecule has 0 aliphatic heterocycles. The Labute approximate surface area is 126 Å². The topological polar surface area (TPSA) is 43.6 Å². The van der Waals surface area contributed by atoms with E-state index in [2.05, 4.69) is 19.2 Å². The van der Waals surface area contributed by atoms with Gasteiger partial charge in [-0.1, -0.05) is 13.8 Å². The van der Waals surface area contributed by atoms with Crippen LogP contribution in [0.5, 0.6) is 11.5 Å². The van der Waals surface area contributed by atoms with Crippen LogP contribution in [-0.2, 0) is 6.54 Å². The molecule has 2 aromatic rings. The van der Waals surface area contributed by atoms with Crippen molar-refractivity contribution < 1.29 is 13.9 Å². The lowest BCUT2D eigenvalue weighted by molar-refractivity contribution is 0.268. The highest BCUT2D eigenvalue weighted by atomic mass is 16.5. The Morgan fingerprint density at radius 1 is 1.00 bits per heavy atom. The predicted molar refractivity (Wildman–Crippen MR) is 84.0 cm³/mol. The van der Waals surface area contributed by atoms with Gasteiger partial charge in [0, 0.05) is 11.8 Å². The summed E-state index contributed by atoms with van der Waals surface area (Å²) in [4.78, 5) is 0. The number of benzene rings is 1. The molecule has 1 aromatic carbocycles. The van der Waals surface area contributed by atoms with Crippen LogP contribution in [0, 0.1) is 0 Å². The fraction of sp³-hybridized carbons (Fsp3) is 0.412. The first-order valence-electron chi connectivity index (χ1n) is 7.49. The average Bonchev–Trinajstić information content (AvgIpc) is 3.03. The minimum atomic E-state index is 0.648. The third kappa shape index (κ3) is 4.74. The van der Waals surface area contributed by atoms with Gasteiger partial charge in [0.15, 0.2) is 11.5 Å². The van der Waals surface area contributed by atoms with Gasteiger partial charge in [0.1, 0.15) is 5.76 Å². The van der Waals surface area contributed by atoms with E-state index in [4.69, 9.17) is 13.9 Å².